The first-order chi connectivity index (χ1) is 16.5. The number of sulfonamides is 1. The van der Waals surface area contributed by atoms with Crippen LogP contribution in [0.1, 0.15) is 31.2 Å². The summed E-state index contributed by atoms with van der Waals surface area (Å²) in [4.78, 5) is 14.9. The van der Waals surface area contributed by atoms with Crippen molar-refractivity contribution in [1.29, 1.82) is 0 Å². The molecule has 1 saturated heterocycles. The zero-order valence-corrected chi connectivity index (χ0v) is 20.4. The Labute approximate surface area is 203 Å². The molecule has 0 bridgehead atoms. The average Bonchev–Trinajstić information content (AvgIpc) is 3.37. The van der Waals surface area contributed by atoms with E-state index < -0.39 is 10.0 Å². The summed E-state index contributed by atoms with van der Waals surface area (Å²) >= 11 is 1.19. The second kappa shape index (κ2) is 9.89. The van der Waals surface area contributed by atoms with Gasteiger partial charge in [-0.2, -0.15) is 4.31 Å². The van der Waals surface area contributed by atoms with E-state index in [0.29, 0.717) is 25.2 Å². The minimum Gasteiger partial charge on any atom is -0.411 e. The van der Waals surface area contributed by atoms with E-state index >= 15 is 0 Å². The lowest BCUT2D eigenvalue weighted by Gasteiger charge is -2.29. The number of aryl methyl sites for hydroxylation is 1. The number of anilines is 1. The van der Waals surface area contributed by atoms with Gasteiger partial charge in [-0.1, -0.05) is 42.4 Å². The number of aromatic nitrogens is 2. The van der Waals surface area contributed by atoms with Gasteiger partial charge >= 0.3 is 0 Å². The summed E-state index contributed by atoms with van der Waals surface area (Å²) in [5.74, 6) is 0.403. The molecule has 2 aliphatic rings. The molecule has 1 fully saturated rings. The molecule has 3 aromatic rings. The van der Waals surface area contributed by atoms with E-state index in [1.807, 2.05) is 23.1 Å². The summed E-state index contributed by atoms with van der Waals surface area (Å²) in [7, 11) is -3.56. The van der Waals surface area contributed by atoms with Crippen molar-refractivity contribution in [3.8, 4) is 11.5 Å². The molecule has 0 saturated carbocycles. The number of fused-ring (bicyclic) bond motifs is 1. The number of para-hydroxylation sites is 1. The molecule has 0 unspecified atom stereocenters. The van der Waals surface area contributed by atoms with Gasteiger partial charge in [0.2, 0.25) is 21.8 Å². The number of amides is 1. The molecule has 1 aromatic heterocycles. The highest BCUT2D eigenvalue weighted by Crippen LogP contribution is 2.30. The van der Waals surface area contributed by atoms with E-state index in [-0.39, 0.29) is 27.7 Å². The minimum absolute atomic E-state index is 0.00785. The number of carbonyl (C=O) groups excluding carboxylic acids is 1. The summed E-state index contributed by atoms with van der Waals surface area (Å²) in [6, 6.07) is 14.6. The predicted octanol–water partition coefficient (Wildman–Crippen LogP) is 3.98. The second-order valence-electron chi connectivity index (χ2n) is 8.43. The van der Waals surface area contributed by atoms with E-state index in [2.05, 4.69) is 16.3 Å². The monoisotopic (exact) mass is 498 g/mol. The molecule has 178 valence electrons. The fourth-order valence-electron chi connectivity index (χ4n) is 4.42. The van der Waals surface area contributed by atoms with Gasteiger partial charge in [-0.05, 0) is 55.5 Å². The highest BCUT2D eigenvalue weighted by atomic mass is 32.2. The predicted molar refractivity (Wildman–Crippen MR) is 130 cm³/mol. The maximum Gasteiger partial charge on any atom is 0.277 e. The lowest BCUT2D eigenvalue weighted by Crippen LogP contribution is -2.36. The molecule has 1 amide bonds. The molecule has 8 nitrogen and oxygen atoms in total. The summed E-state index contributed by atoms with van der Waals surface area (Å²) in [6.45, 7) is 1.79. The standard InChI is InChI=1S/C24H26N4O4S2/c29-22(28-15-7-10-18-8-2-3-12-21(18)28)17-33-24-26-25-23(32-24)19-9-6-11-20(16-19)34(30,31)27-13-4-1-5-14-27/h2-3,6,8-9,11-12,16H,1,4-5,7,10,13-15,17H2. The molecule has 0 radical (unpaired) electrons. The first kappa shape index (κ1) is 23.1. The minimum atomic E-state index is -3.56. The third kappa shape index (κ3) is 4.75. The molecule has 34 heavy (non-hydrogen) atoms. The number of hydrogen-bond acceptors (Lipinski definition) is 7. The van der Waals surface area contributed by atoms with E-state index in [0.717, 1.165) is 37.8 Å². The third-order valence-corrected chi connectivity index (χ3v) is 8.87. The van der Waals surface area contributed by atoms with Crippen LogP contribution in [-0.2, 0) is 21.2 Å². The van der Waals surface area contributed by atoms with Gasteiger partial charge in [0.15, 0.2) is 0 Å². The zero-order valence-electron chi connectivity index (χ0n) is 18.7. The van der Waals surface area contributed by atoms with Crippen LogP contribution in [-0.4, -0.2) is 54.2 Å². The van der Waals surface area contributed by atoms with Gasteiger partial charge in [-0.3, -0.25) is 4.79 Å². The first-order valence-electron chi connectivity index (χ1n) is 11.5. The molecular formula is C24H26N4O4S2. The van der Waals surface area contributed by atoms with Crippen LogP contribution in [0, 0.1) is 0 Å². The Morgan fingerprint density at radius 1 is 0.971 bits per heavy atom. The van der Waals surface area contributed by atoms with Gasteiger partial charge in [-0.25, -0.2) is 8.42 Å². The van der Waals surface area contributed by atoms with Crippen molar-refractivity contribution in [3.63, 3.8) is 0 Å². The zero-order chi connectivity index (χ0) is 23.5. The number of carbonyl (C=O) groups is 1. The number of benzene rings is 2. The average molecular weight is 499 g/mol. The van der Waals surface area contributed by atoms with Gasteiger partial charge < -0.3 is 9.32 Å². The largest absolute Gasteiger partial charge is 0.411 e. The van der Waals surface area contributed by atoms with Crippen LogP contribution in [0.2, 0.25) is 0 Å². The molecular weight excluding hydrogens is 472 g/mol. The van der Waals surface area contributed by atoms with E-state index in [9.17, 15) is 13.2 Å². The van der Waals surface area contributed by atoms with Crippen molar-refractivity contribution in [2.24, 2.45) is 0 Å². The lowest BCUT2D eigenvalue weighted by molar-refractivity contribution is -0.116. The summed E-state index contributed by atoms with van der Waals surface area (Å²) in [6.07, 6.45) is 4.73. The van der Waals surface area contributed by atoms with Crippen LogP contribution in [0.15, 0.2) is 63.1 Å². The smallest absolute Gasteiger partial charge is 0.277 e. The van der Waals surface area contributed by atoms with Crippen molar-refractivity contribution in [2.75, 3.05) is 30.3 Å². The van der Waals surface area contributed by atoms with Crippen LogP contribution < -0.4 is 4.90 Å². The fourth-order valence-corrected chi connectivity index (χ4v) is 6.63. The first-order valence-corrected chi connectivity index (χ1v) is 13.9. The van der Waals surface area contributed by atoms with Crippen LogP contribution >= 0.6 is 11.8 Å². The van der Waals surface area contributed by atoms with Crippen LogP contribution in [0.5, 0.6) is 0 Å². The topological polar surface area (TPSA) is 96.6 Å². The molecule has 2 aliphatic heterocycles. The number of thioether (sulfide) groups is 1. The Morgan fingerprint density at radius 3 is 2.65 bits per heavy atom. The molecule has 0 aliphatic carbocycles. The third-order valence-electron chi connectivity index (χ3n) is 6.17. The molecule has 2 aromatic carbocycles. The molecule has 5 rings (SSSR count). The highest BCUT2D eigenvalue weighted by molar-refractivity contribution is 7.99. The van der Waals surface area contributed by atoms with Gasteiger partial charge in [0, 0.05) is 30.9 Å². The molecule has 10 heteroatoms. The molecule has 3 heterocycles. The lowest BCUT2D eigenvalue weighted by atomic mass is 10.0. The van der Waals surface area contributed by atoms with Gasteiger partial charge in [0.05, 0.1) is 10.6 Å². The van der Waals surface area contributed by atoms with Gasteiger partial charge in [0.1, 0.15) is 0 Å². The van der Waals surface area contributed by atoms with Gasteiger partial charge in [0.25, 0.3) is 5.22 Å². The Hall–Kier alpha value is -2.69. The fraction of sp³-hybridized carbons (Fsp3) is 0.375. The Kier molecular flexibility index (Phi) is 6.71. The number of piperidine rings is 1. The summed E-state index contributed by atoms with van der Waals surface area (Å²) in [5.41, 5.74) is 2.69. The van der Waals surface area contributed by atoms with Crippen LogP contribution in [0.4, 0.5) is 5.69 Å². The van der Waals surface area contributed by atoms with Crippen LogP contribution in [0.3, 0.4) is 0 Å². The van der Waals surface area contributed by atoms with E-state index in [1.165, 1.54) is 21.6 Å². The van der Waals surface area contributed by atoms with Crippen molar-refractivity contribution in [2.45, 2.75) is 42.2 Å². The highest BCUT2D eigenvalue weighted by Gasteiger charge is 2.27. The Balaban J connectivity index is 1.27. The second-order valence-corrected chi connectivity index (χ2v) is 11.3. The van der Waals surface area contributed by atoms with Crippen molar-refractivity contribution >= 4 is 33.4 Å². The molecule has 0 atom stereocenters. The Morgan fingerprint density at radius 2 is 1.79 bits per heavy atom. The Bertz CT molecular complexity index is 1290. The molecule has 0 spiro atoms. The van der Waals surface area contributed by atoms with Gasteiger partial charge in [-0.15, -0.1) is 10.2 Å². The quantitative estimate of drug-likeness (QED) is 0.474. The number of hydrogen-bond donors (Lipinski definition) is 0. The maximum absolute atomic E-state index is 13.0. The molecule has 0 N–H and O–H groups in total. The van der Waals surface area contributed by atoms with Crippen molar-refractivity contribution < 1.29 is 17.6 Å². The maximum atomic E-state index is 13.0. The van der Waals surface area contributed by atoms with E-state index in [1.54, 1.807) is 24.3 Å². The SMILES string of the molecule is O=C(CSc1nnc(-c2cccc(S(=O)(=O)N3CCCCC3)c2)o1)N1CCCc2ccccc21. The summed E-state index contributed by atoms with van der Waals surface area (Å²) < 4.78 is 33.3. The van der Waals surface area contributed by atoms with Crippen LogP contribution in [0.25, 0.3) is 11.5 Å². The van der Waals surface area contributed by atoms with E-state index in [4.69, 9.17) is 4.42 Å². The summed E-state index contributed by atoms with van der Waals surface area (Å²) in [5, 5.41) is 8.40. The normalized spacial score (nSPS) is 16.9. The number of rotatable bonds is 6. The van der Waals surface area contributed by atoms with Crippen molar-refractivity contribution in [1.82, 2.24) is 14.5 Å². The number of nitrogens with zero attached hydrogens (tertiary/aromatic N) is 4. The van der Waals surface area contributed by atoms with Crippen molar-refractivity contribution in [3.05, 3.63) is 54.1 Å².